The average molecular weight is 401 g/mol. The number of para-hydroxylation sites is 1. The summed E-state index contributed by atoms with van der Waals surface area (Å²) in [6.45, 7) is 2.66. The molecule has 0 aliphatic heterocycles. The Morgan fingerprint density at radius 3 is 2.79 bits per heavy atom. The topological polar surface area (TPSA) is 70.7 Å². The summed E-state index contributed by atoms with van der Waals surface area (Å²) in [5, 5.41) is 15.7. The second kappa shape index (κ2) is 8.29. The van der Waals surface area contributed by atoms with Crippen LogP contribution < -0.4 is 5.32 Å². The lowest BCUT2D eigenvalue weighted by Crippen LogP contribution is -2.14. The number of anilines is 1. The molecular formula is C23H20N4OS. The Labute approximate surface area is 173 Å². The number of aryl methyl sites for hydroxylation is 2. The molecule has 1 amide bonds. The number of carbonyl (C=O) groups excluding carboxylic acids is 1. The van der Waals surface area contributed by atoms with Gasteiger partial charge in [0.2, 0.25) is 5.91 Å². The molecule has 0 atom stereocenters. The molecular weight excluding hydrogens is 380 g/mol. The SMILES string of the molecule is Cc1ccc(NC(=O)Cc2nc(-c3cn(CCC#N)c4ccccc34)cs2)cc1. The molecule has 0 saturated heterocycles. The molecule has 0 aliphatic rings. The second-order valence-electron chi connectivity index (χ2n) is 6.88. The van der Waals surface area contributed by atoms with Gasteiger partial charge in [-0.25, -0.2) is 4.98 Å². The van der Waals surface area contributed by atoms with Gasteiger partial charge >= 0.3 is 0 Å². The molecule has 4 rings (SSSR count). The van der Waals surface area contributed by atoms with Gasteiger partial charge in [0.1, 0.15) is 5.01 Å². The zero-order valence-corrected chi connectivity index (χ0v) is 16.9. The van der Waals surface area contributed by atoms with Crippen LogP contribution in [0.1, 0.15) is 17.0 Å². The van der Waals surface area contributed by atoms with E-state index in [1.54, 1.807) is 0 Å². The molecule has 2 aromatic heterocycles. The minimum absolute atomic E-state index is 0.0776. The fourth-order valence-corrected chi connectivity index (χ4v) is 4.09. The third-order valence-electron chi connectivity index (χ3n) is 4.73. The molecule has 29 heavy (non-hydrogen) atoms. The lowest BCUT2D eigenvalue weighted by molar-refractivity contribution is -0.115. The molecule has 0 bridgehead atoms. The van der Waals surface area contributed by atoms with Gasteiger partial charge in [-0.05, 0) is 25.1 Å². The van der Waals surface area contributed by atoms with Gasteiger partial charge in [-0.3, -0.25) is 4.79 Å². The van der Waals surface area contributed by atoms with Gasteiger partial charge in [0, 0.05) is 40.3 Å². The van der Waals surface area contributed by atoms with E-state index in [0.29, 0.717) is 13.0 Å². The second-order valence-corrected chi connectivity index (χ2v) is 7.82. The standard InChI is InChI=1S/C23H20N4OS/c1-16-7-9-17(10-8-16)25-22(28)13-23-26-20(15-29-23)19-14-27(12-4-11-24)21-6-3-2-5-18(19)21/h2-3,5-10,14-15H,4,12-13H2,1H3,(H,25,28). The number of nitriles is 1. The van der Waals surface area contributed by atoms with E-state index in [-0.39, 0.29) is 12.3 Å². The fourth-order valence-electron chi connectivity index (χ4n) is 3.30. The van der Waals surface area contributed by atoms with Crippen molar-refractivity contribution >= 4 is 33.8 Å². The third-order valence-corrected chi connectivity index (χ3v) is 5.58. The number of hydrogen-bond donors (Lipinski definition) is 1. The van der Waals surface area contributed by atoms with Crippen LogP contribution in [0.2, 0.25) is 0 Å². The summed E-state index contributed by atoms with van der Waals surface area (Å²) >= 11 is 1.49. The van der Waals surface area contributed by atoms with Crippen molar-refractivity contribution in [2.45, 2.75) is 26.3 Å². The molecule has 0 fully saturated rings. The van der Waals surface area contributed by atoms with Crippen molar-refractivity contribution in [3.63, 3.8) is 0 Å². The first-order valence-corrected chi connectivity index (χ1v) is 10.3. The lowest BCUT2D eigenvalue weighted by Gasteiger charge is -2.04. The monoisotopic (exact) mass is 400 g/mol. The van der Waals surface area contributed by atoms with Crippen molar-refractivity contribution in [1.29, 1.82) is 5.26 Å². The molecule has 2 aromatic carbocycles. The Morgan fingerprint density at radius 1 is 1.21 bits per heavy atom. The number of benzene rings is 2. The first-order chi connectivity index (χ1) is 14.1. The van der Waals surface area contributed by atoms with E-state index in [1.165, 1.54) is 11.3 Å². The molecule has 5 nitrogen and oxygen atoms in total. The molecule has 2 heterocycles. The van der Waals surface area contributed by atoms with E-state index in [4.69, 9.17) is 10.2 Å². The number of thiazole rings is 1. The van der Waals surface area contributed by atoms with Crippen LogP contribution in [0.5, 0.6) is 0 Å². The van der Waals surface area contributed by atoms with Crippen LogP contribution in [0.4, 0.5) is 5.69 Å². The maximum Gasteiger partial charge on any atom is 0.231 e. The van der Waals surface area contributed by atoms with Gasteiger partial charge in [-0.15, -0.1) is 11.3 Å². The fraction of sp³-hybridized carbons (Fsp3) is 0.174. The van der Waals surface area contributed by atoms with Crippen molar-refractivity contribution in [3.05, 3.63) is 70.7 Å². The normalized spacial score (nSPS) is 10.8. The Balaban J connectivity index is 1.54. The zero-order valence-electron chi connectivity index (χ0n) is 16.1. The van der Waals surface area contributed by atoms with Crippen LogP contribution in [0.25, 0.3) is 22.2 Å². The summed E-state index contributed by atoms with van der Waals surface area (Å²) in [4.78, 5) is 17.1. The Hall–Kier alpha value is -3.43. The summed E-state index contributed by atoms with van der Waals surface area (Å²) in [5.74, 6) is -0.0776. The van der Waals surface area contributed by atoms with Crippen LogP contribution in [0, 0.1) is 18.3 Å². The zero-order chi connectivity index (χ0) is 20.2. The highest BCUT2D eigenvalue weighted by Crippen LogP contribution is 2.31. The van der Waals surface area contributed by atoms with Gasteiger partial charge in [0.25, 0.3) is 0 Å². The minimum Gasteiger partial charge on any atom is -0.346 e. The van der Waals surface area contributed by atoms with E-state index in [9.17, 15) is 4.79 Å². The first kappa shape index (κ1) is 18.9. The number of aromatic nitrogens is 2. The quantitative estimate of drug-likeness (QED) is 0.485. The van der Waals surface area contributed by atoms with Gasteiger partial charge in [-0.1, -0.05) is 35.9 Å². The van der Waals surface area contributed by atoms with E-state index in [2.05, 4.69) is 28.1 Å². The van der Waals surface area contributed by atoms with Crippen LogP contribution in [-0.4, -0.2) is 15.5 Å². The smallest absolute Gasteiger partial charge is 0.231 e. The third kappa shape index (κ3) is 4.20. The highest BCUT2D eigenvalue weighted by molar-refractivity contribution is 7.10. The van der Waals surface area contributed by atoms with Crippen molar-refractivity contribution in [2.24, 2.45) is 0 Å². The Kier molecular flexibility index (Phi) is 5.41. The van der Waals surface area contributed by atoms with Crippen LogP contribution in [-0.2, 0) is 17.8 Å². The number of carbonyl (C=O) groups is 1. The van der Waals surface area contributed by atoms with E-state index in [0.717, 1.165) is 38.4 Å². The summed E-state index contributed by atoms with van der Waals surface area (Å²) in [6.07, 6.45) is 2.75. The number of nitrogens with one attached hydrogen (secondary N) is 1. The number of rotatable bonds is 6. The molecule has 0 unspecified atom stereocenters. The molecule has 4 aromatic rings. The van der Waals surface area contributed by atoms with Crippen molar-refractivity contribution in [3.8, 4) is 17.3 Å². The molecule has 0 saturated carbocycles. The van der Waals surface area contributed by atoms with Crippen molar-refractivity contribution in [1.82, 2.24) is 9.55 Å². The highest BCUT2D eigenvalue weighted by atomic mass is 32.1. The summed E-state index contributed by atoms with van der Waals surface area (Å²) < 4.78 is 2.09. The first-order valence-electron chi connectivity index (χ1n) is 9.40. The maximum atomic E-state index is 12.4. The van der Waals surface area contributed by atoms with Crippen LogP contribution in [0.15, 0.2) is 60.1 Å². The number of fused-ring (bicyclic) bond motifs is 1. The number of nitrogens with zero attached hydrogens (tertiary/aromatic N) is 3. The Bertz CT molecular complexity index is 1200. The van der Waals surface area contributed by atoms with Crippen molar-refractivity contribution in [2.75, 3.05) is 5.32 Å². The molecule has 6 heteroatoms. The van der Waals surface area contributed by atoms with Gasteiger partial charge in [0.05, 0.1) is 24.6 Å². The molecule has 1 N–H and O–H groups in total. The summed E-state index contributed by atoms with van der Waals surface area (Å²) in [7, 11) is 0. The van der Waals surface area contributed by atoms with Crippen LogP contribution >= 0.6 is 11.3 Å². The summed E-state index contributed by atoms with van der Waals surface area (Å²) in [5.41, 5.74) is 4.92. The van der Waals surface area contributed by atoms with Gasteiger partial charge in [0.15, 0.2) is 0 Å². The largest absolute Gasteiger partial charge is 0.346 e. The average Bonchev–Trinajstić information content (AvgIpc) is 3.32. The minimum atomic E-state index is -0.0776. The van der Waals surface area contributed by atoms with E-state index < -0.39 is 0 Å². The molecule has 0 spiro atoms. The predicted octanol–water partition coefficient (Wildman–Crippen LogP) is 5.17. The summed E-state index contributed by atoms with van der Waals surface area (Å²) in [6, 6.07) is 18.1. The predicted molar refractivity (Wildman–Crippen MR) is 117 cm³/mol. The lowest BCUT2D eigenvalue weighted by atomic mass is 10.1. The van der Waals surface area contributed by atoms with Gasteiger partial charge < -0.3 is 9.88 Å². The molecule has 144 valence electrons. The van der Waals surface area contributed by atoms with E-state index >= 15 is 0 Å². The number of amides is 1. The Morgan fingerprint density at radius 2 is 2.00 bits per heavy atom. The van der Waals surface area contributed by atoms with Crippen molar-refractivity contribution < 1.29 is 4.79 Å². The molecule has 0 radical (unpaired) electrons. The van der Waals surface area contributed by atoms with Crippen LogP contribution in [0.3, 0.4) is 0 Å². The molecule has 0 aliphatic carbocycles. The number of hydrogen-bond acceptors (Lipinski definition) is 4. The van der Waals surface area contributed by atoms with Gasteiger partial charge in [-0.2, -0.15) is 5.26 Å². The maximum absolute atomic E-state index is 12.4. The highest BCUT2D eigenvalue weighted by Gasteiger charge is 2.14. The van der Waals surface area contributed by atoms with E-state index in [1.807, 2.05) is 54.9 Å².